The Hall–Kier alpha value is -5.23. The zero-order valence-electron chi connectivity index (χ0n) is 26.8. The van der Waals surface area contributed by atoms with Gasteiger partial charge in [0.15, 0.2) is 0 Å². The molecule has 1 atom stereocenters. The van der Waals surface area contributed by atoms with E-state index in [0.29, 0.717) is 12.3 Å². The molecular formula is C35H38N4O7S. The Morgan fingerprint density at radius 1 is 0.915 bits per heavy atom. The molecule has 0 saturated carbocycles. The van der Waals surface area contributed by atoms with Crippen LogP contribution in [0.3, 0.4) is 0 Å². The van der Waals surface area contributed by atoms with Crippen molar-refractivity contribution in [2.24, 2.45) is 0 Å². The Labute approximate surface area is 275 Å². The van der Waals surface area contributed by atoms with E-state index in [9.17, 15) is 28.1 Å². The molecule has 0 aromatic heterocycles. The van der Waals surface area contributed by atoms with E-state index < -0.39 is 33.4 Å². The first-order valence-electron chi connectivity index (χ1n) is 15.0. The molecule has 0 bridgehead atoms. The van der Waals surface area contributed by atoms with Gasteiger partial charge in [0.2, 0.25) is 11.8 Å². The van der Waals surface area contributed by atoms with Crippen LogP contribution >= 0.6 is 0 Å². The Balaban J connectivity index is 1.83. The molecule has 2 amide bonds. The van der Waals surface area contributed by atoms with Crippen LogP contribution in [0.2, 0.25) is 0 Å². The number of nitro groups is 1. The number of anilines is 1. The molecule has 47 heavy (non-hydrogen) atoms. The van der Waals surface area contributed by atoms with Gasteiger partial charge in [-0.1, -0.05) is 66.2 Å². The van der Waals surface area contributed by atoms with Gasteiger partial charge in [-0.3, -0.25) is 24.0 Å². The van der Waals surface area contributed by atoms with E-state index in [0.717, 1.165) is 27.1 Å². The van der Waals surface area contributed by atoms with E-state index in [1.165, 1.54) is 43.2 Å². The predicted octanol–water partition coefficient (Wildman–Crippen LogP) is 5.19. The normalized spacial score (nSPS) is 11.7. The van der Waals surface area contributed by atoms with Crippen LogP contribution in [0.1, 0.15) is 29.2 Å². The smallest absolute Gasteiger partial charge is 0.273 e. The van der Waals surface area contributed by atoms with Gasteiger partial charge in [0, 0.05) is 31.1 Å². The molecule has 0 spiro atoms. The minimum atomic E-state index is -4.53. The lowest BCUT2D eigenvalue weighted by Crippen LogP contribution is -2.53. The molecule has 0 heterocycles. The van der Waals surface area contributed by atoms with Crippen molar-refractivity contribution in [3.05, 3.63) is 129 Å². The SMILES string of the molecule is CCNC(=O)[C@@H](Cc1ccccc1)N(Cc1cccc(C)c1)C(=O)CN(c1ccc(OC)cc1)S(=O)(=O)c1ccc(C)c([N+](=O)[O-])c1. The van der Waals surface area contributed by atoms with Crippen molar-refractivity contribution in [3.63, 3.8) is 0 Å². The molecule has 1 N–H and O–H groups in total. The molecule has 11 nitrogen and oxygen atoms in total. The molecule has 0 aliphatic rings. The van der Waals surface area contributed by atoms with Crippen LogP contribution in [0, 0.1) is 24.0 Å². The van der Waals surface area contributed by atoms with Crippen molar-refractivity contribution in [1.82, 2.24) is 10.2 Å². The quantitative estimate of drug-likeness (QED) is 0.145. The van der Waals surface area contributed by atoms with Gasteiger partial charge in [0.1, 0.15) is 18.3 Å². The second kappa shape index (κ2) is 15.4. The lowest BCUT2D eigenvalue weighted by molar-refractivity contribution is -0.385. The van der Waals surface area contributed by atoms with E-state index in [2.05, 4.69) is 5.32 Å². The van der Waals surface area contributed by atoms with Crippen molar-refractivity contribution in [3.8, 4) is 5.75 Å². The van der Waals surface area contributed by atoms with Gasteiger partial charge in [-0.15, -0.1) is 0 Å². The molecule has 0 radical (unpaired) electrons. The molecule has 246 valence electrons. The third-order valence-corrected chi connectivity index (χ3v) is 9.43. The minimum absolute atomic E-state index is 0.0294. The maximum Gasteiger partial charge on any atom is 0.273 e. The fraction of sp³-hybridized carbons (Fsp3) is 0.257. The summed E-state index contributed by atoms with van der Waals surface area (Å²) >= 11 is 0. The van der Waals surface area contributed by atoms with E-state index in [4.69, 9.17) is 4.74 Å². The number of nitrogens with one attached hydrogen (secondary N) is 1. The molecule has 0 aliphatic heterocycles. The van der Waals surface area contributed by atoms with E-state index in [-0.39, 0.29) is 40.7 Å². The van der Waals surface area contributed by atoms with Gasteiger partial charge < -0.3 is 15.0 Å². The van der Waals surface area contributed by atoms with Crippen LogP contribution in [-0.4, -0.2) is 56.3 Å². The fourth-order valence-electron chi connectivity index (χ4n) is 5.20. The zero-order valence-corrected chi connectivity index (χ0v) is 27.6. The maximum atomic E-state index is 14.5. The van der Waals surface area contributed by atoms with Crippen molar-refractivity contribution < 1.29 is 27.7 Å². The van der Waals surface area contributed by atoms with Crippen LogP contribution in [0.25, 0.3) is 0 Å². The summed E-state index contributed by atoms with van der Waals surface area (Å²) in [4.78, 5) is 40.2. The standard InChI is InChI=1S/C35H38N4O7S/c1-5-36-35(41)33(21-27-11-7-6-8-12-27)37(23-28-13-9-10-25(2)20-28)34(40)24-38(29-15-17-30(46-4)18-16-29)47(44,45)31-19-14-26(3)32(22-31)39(42)43/h6-20,22,33H,5,21,23-24H2,1-4H3,(H,36,41)/t33-/m1/s1. The Bertz CT molecular complexity index is 1830. The van der Waals surface area contributed by atoms with E-state index in [1.54, 1.807) is 19.1 Å². The molecule has 0 aliphatic carbocycles. The number of rotatable bonds is 14. The van der Waals surface area contributed by atoms with Crippen LogP contribution in [0.4, 0.5) is 11.4 Å². The summed E-state index contributed by atoms with van der Waals surface area (Å²) in [6, 6.07) is 25.5. The second-order valence-corrected chi connectivity index (χ2v) is 12.9. The number of ether oxygens (including phenoxy) is 1. The Morgan fingerprint density at radius 2 is 1.60 bits per heavy atom. The maximum absolute atomic E-state index is 14.5. The van der Waals surface area contributed by atoms with Crippen molar-refractivity contribution >= 4 is 33.2 Å². The molecule has 4 rings (SSSR count). The number of carbonyl (C=O) groups is 2. The highest BCUT2D eigenvalue weighted by Crippen LogP contribution is 2.30. The Morgan fingerprint density at radius 3 is 2.21 bits per heavy atom. The average molecular weight is 659 g/mol. The number of benzene rings is 4. The molecule has 12 heteroatoms. The van der Waals surface area contributed by atoms with Crippen LogP contribution in [-0.2, 0) is 32.6 Å². The highest BCUT2D eigenvalue weighted by atomic mass is 32.2. The number of hydrogen-bond acceptors (Lipinski definition) is 7. The Kier molecular flexibility index (Phi) is 11.3. The number of nitrogens with zero attached hydrogens (tertiary/aromatic N) is 3. The summed E-state index contributed by atoms with van der Waals surface area (Å²) < 4.78 is 34.7. The fourth-order valence-corrected chi connectivity index (χ4v) is 6.64. The minimum Gasteiger partial charge on any atom is -0.497 e. The van der Waals surface area contributed by atoms with Gasteiger partial charge in [-0.25, -0.2) is 8.42 Å². The van der Waals surface area contributed by atoms with E-state index in [1.807, 2.05) is 61.5 Å². The molecule has 0 fully saturated rings. The van der Waals surface area contributed by atoms with Gasteiger partial charge in [0.25, 0.3) is 15.7 Å². The number of sulfonamides is 1. The third kappa shape index (κ3) is 8.53. The number of aryl methyl sites for hydroxylation is 2. The first-order valence-corrected chi connectivity index (χ1v) is 16.5. The van der Waals surface area contributed by atoms with Crippen molar-refractivity contribution in [1.29, 1.82) is 0 Å². The lowest BCUT2D eigenvalue weighted by atomic mass is 10.0. The number of methoxy groups -OCH3 is 1. The molecular weight excluding hydrogens is 620 g/mol. The summed E-state index contributed by atoms with van der Waals surface area (Å²) in [5, 5.41) is 14.5. The predicted molar refractivity (Wildman–Crippen MR) is 180 cm³/mol. The number of likely N-dealkylation sites (N-methyl/N-ethyl adjacent to an activating group) is 1. The first kappa shape index (κ1) is 34.6. The molecule has 0 unspecified atom stereocenters. The van der Waals surface area contributed by atoms with E-state index >= 15 is 0 Å². The van der Waals surface area contributed by atoms with Crippen molar-refractivity contribution in [2.75, 3.05) is 24.5 Å². The number of amides is 2. The van der Waals surface area contributed by atoms with Gasteiger partial charge in [0.05, 0.1) is 22.6 Å². The highest BCUT2D eigenvalue weighted by molar-refractivity contribution is 7.92. The zero-order chi connectivity index (χ0) is 34.1. The summed E-state index contributed by atoms with van der Waals surface area (Å²) in [6.07, 6.45) is 0.184. The molecule has 4 aromatic rings. The number of hydrogen-bond donors (Lipinski definition) is 1. The first-order chi connectivity index (χ1) is 22.4. The van der Waals surface area contributed by atoms with Crippen LogP contribution < -0.4 is 14.4 Å². The van der Waals surface area contributed by atoms with Gasteiger partial charge in [-0.05, 0) is 62.2 Å². The van der Waals surface area contributed by atoms with Gasteiger partial charge in [-0.2, -0.15) is 0 Å². The summed E-state index contributed by atoms with van der Waals surface area (Å²) in [7, 11) is -3.06. The monoisotopic (exact) mass is 658 g/mol. The van der Waals surface area contributed by atoms with Crippen molar-refractivity contribution in [2.45, 2.75) is 44.7 Å². The molecule has 0 saturated heterocycles. The number of nitro benzene ring substituents is 1. The summed E-state index contributed by atoms with van der Waals surface area (Å²) in [6.45, 7) is 4.88. The number of carbonyl (C=O) groups excluding carboxylic acids is 2. The highest BCUT2D eigenvalue weighted by Gasteiger charge is 2.35. The van der Waals surface area contributed by atoms with Crippen LogP contribution in [0.15, 0.2) is 102 Å². The second-order valence-electron chi connectivity index (χ2n) is 11.0. The molecule has 4 aromatic carbocycles. The topological polar surface area (TPSA) is 139 Å². The lowest BCUT2D eigenvalue weighted by Gasteiger charge is -2.34. The third-order valence-electron chi connectivity index (χ3n) is 7.66. The van der Waals surface area contributed by atoms with Crippen LogP contribution in [0.5, 0.6) is 5.75 Å². The summed E-state index contributed by atoms with van der Waals surface area (Å²) in [5.41, 5.74) is 2.58. The average Bonchev–Trinajstić information content (AvgIpc) is 3.05. The summed E-state index contributed by atoms with van der Waals surface area (Å²) in [5.74, 6) is -0.561. The van der Waals surface area contributed by atoms with Gasteiger partial charge >= 0.3 is 0 Å². The largest absolute Gasteiger partial charge is 0.497 e.